The van der Waals surface area contributed by atoms with E-state index in [1.807, 2.05) is 0 Å². The average molecular weight is 664 g/mol. The summed E-state index contributed by atoms with van der Waals surface area (Å²) in [6.45, 7) is 4.71. The van der Waals surface area contributed by atoms with Gasteiger partial charge in [-0.05, 0) is 119 Å². The summed E-state index contributed by atoms with van der Waals surface area (Å²) in [5.41, 5.74) is 13.7. The van der Waals surface area contributed by atoms with Crippen molar-refractivity contribution in [1.29, 1.82) is 0 Å². The fraction of sp³-hybridized carbons (Fsp3) is 0.0588. The molecule has 0 saturated carbocycles. The second-order valence-corrected chi connectivity index (χ2v) is 14.6. The number of anilines is 3. The van der Waals surface area contributed by atoms with Gasteiger partial charge in [-0.1, -0.05) is 159 Å². The first-order chi connectivity index (χ1) is 25.5. The summed E-state index contributed by atoms with van der Waals surface area (Å²) in [4.78, 5) is 2.41. The standard InChI is InChI=1S/C51H37N/c1-51(2)49-20-8-7-15-47(49)48-30-29-42(33-50(48)51)52(41-28-23-35-12-4-6-14-38(35)32-41)40-26-24-36(25-27-40)43-16-9-19-46-44(17-10-18-45(43)46)39-22-21-34-11-3-5-13-37(34)31-39/h3-33H,1-2H3. The van der Waals surface area contributed by atoms with Gasteiger partial charge in [-0.25, -0.2) is 0 Å². The summed E-state index contributed by atoms with van der Waals surface area (Å²) >= 11 is 0. The third kappa shape index (κ3) is 4.85. The van der Waals surface area contributed by atoms with E-state index in [1.54, 1.807) is 0 Å². The van der Waals surface area contributed by atoms with Crippen molar-refractivity contribution < 1.29 is 0 Å². The molecule has 0 unspecified atom stereocenters. The molecular weight excluding hydrogens is 627 g/mol. The quantitative estimate of drug-likeness (QED) is 0.177. The molecule has 246 valence electrons. The Labute approximate surface area is 305 Å². The molecule has 0 atom stereocenters. The van der Waals surface area contributed by atoms with Crippen LogP contribution in [0, 0.1) is 0 Å². The first-order valence-electron chi connectivity index (χ1n) is 18.2. The first-order valence-corrected chi connectivity index (χ1v) is 18.2. The second kappa shape index (κ2) is 11.8. The van der Waals surface area contributed by atoms with Crippen LogP contribution in [0.15, 0.2) is 188 Å². The maximum atomic E-state index is 2.41. The van der Waals surface area contributed by atoms with Gasteiger partial charge in [-0.15, -0.1) is 0 Å². The first kappa shape index (κ1) is 30.4. The predicted octanol–water partition coefficient (Wildman–Crippen LogP) is 14.3. The van der Waals surface area contributed by atoms with E-state index in [-0.39, 0.29) is 5.41 Å². The lowest BCUT2D eigenvalue weighted by atomic mass is 9.82. The number of rotatable bonds is 5. The molecule has 10 rings (SSSR count). The number of hydrogen-bond acceptors (Lipinski definition) is 1. The molecule has 0 fully saturated rings. The summed E-state index contributed by atoms with van der Waals surface area (Å²) in [7, 11) is 0. The molecule has 1 heteroatoms. The van der Waals surface area contributed by atoms with Crippen molar-refractivity contribution in [2.24, 2.45) is 0 Å². The van der Waals surface area contributed by atoms with Crippen LogP contribution in [-0.4, -0.2) is 0 Å². The van der Waals surface area contributed by atoms with Crippen molar-refractivity contribution in [2.75, 3.05) is 4.90 Å². The third-order valence-corrected chi connectivity index (χ3v) is 11.2. The van der Waals surface area contributed by atoms with Gasteiger partial charge in [0, 0.05) is 22.5 Å². The molecule has 1 nitrogen and oxygen atoms in total. The topological polar surface area (TPSA) is 3.24 Å². The van der Waals surface area contributed by atoms with Crippen LogP contribution in [0.3, 0.4) is 0 Å². The summed E-state index contributed by atoms with van der Waals surface area (Å²) in [6.07, 6.45) is 0. The minimum atomic E-state index is -0.0824. The highest BCUT2D eigenvalue weighted by Gasteiger charge is 2.35. The lowest BCUT2D eigenvalue weighted by molar-refractivity contribution is 0.660. The Morgan fingerprint density at radius 3 is 1.56 bits per heavy atom. The van der Waals surface area contributed by atoms with Crippen LogP contribution in [0.1, 0.15) is 25.0 Å². The van der Waals surface area contributed by atoms with Gasteiger partial charge in [-0.2, -0.15) is 0 Å². The zero-order valence-electron chi connectivity index (χ0n) is 29.3. The molecule has 0 heterocycles. The van der Waals surface area contributed by atoms with E-state index in [4.69, 9.17) is 0 Å². The smallest absolute Gasteiger partial charge is 0.0468 e. The molecule has 0 saturated heterocycles. The van der Waals surface area contributed by atoms with Gasteiger partial charge in [0.2, 0.25) is 0 Å². The molecule has 0 radical (unpaired) electrons. The van der Waals surface area contributed by atoms with Crippen LogP contribution < -0.4 is 4.90 Å². The van der Waals surface area contributed by atoms with Crippen molar-refractivity contribution >= 4 is 49.4 Å². The maximum absolute atomic E-state index is 2.41. The molecule has 0 bridgehead atoms. The van der Waals surface area contributed by atoms with Crippen LogP contribution in [0.5, 0.6) is 0 Å². The van der Waals surface area contributed by atoms with E-state index < -0.39 is 0 Å². The minimum Gasteiger partial charge on any atom is -0.310 e. The maximum Gasteiger partial charge on any atom is 0.0468 e. The highest BCUT2D eigenvalue weighted by Crippen LogP contribution is 2.51. The Balaban J connectivity index is 1.08. The largest absolute Gasteiger partial charge is 0.310 e. The van der Waals surface area contributed by atoms with Gasteiger partial charge in [0.15, 0.2) is 0 Å². The number of benzene rings is 9. The highest BCUT2D eigenvalue weighted by molar-refractivity contribution is 6.05. The van der Waals surface area contributed by atoms with Crippen molar-refractivity contribution in [2.45, 2.75) is 19.3 Å². The normalized spacial score (nSPS) is 13.0. The van der Waals surface area contributed by atoms with E-state index in [9.17, 15) is 0 Å². The molecule has 0 aliphatic heterocycles. The average Bonchev–Trinajstić information content (AvgIpc) is 3.43. The number of hydrogen-bond donors (Lipinski definition) is 0. The molecule has 0 aromatic heterocycles. The molecule has 9 aromatic rings. The van der Waals surface area contributed by atoms with Crippen molar-refractivity contribution in [3.8, 4) is 33.4 Å². The van der Waals surface area contributed by atoms with Gasteiger partial charge in [0.25, 0.3) is 0 Å². The van der Waals surface area contributed by atoms with Gasteiger partial charge in [0.1, 0.15) is 0 Å². The van der Waals surface area contributed by atoms with Gasteiger partial charge >= 0.3 is 0 Å². The molecule has 1 aliphatic rings. The van der Waals surface area contributed by atoms with E-state index in [1.165, 1.54) is 76.8 Å². The van der Waals surface area contributed by atoms with Gasteiger partial charge < -0.3 is 4.90 Å². The second-order valence-electron chi connectivity index (χ2n) is 14.6. The van der Waals surface area contributed by atoms with Crippen LogP contribution in [-0.2, 0) is 5.41 Å². The van der Waals surface area contributed by atoms with Crippen molar-refractivity contribution in [3.63, 3.8) is 0 Å². The summed E-state index contributed by atoms with van der Waals surface area (Å²) < 4.78 is 0. The van der Waals surface area contributed by atoms with E-state index in [0.717, 1.165) is 17.1 Å². The molecule has 0 N–H and O–H groups in total. The fourth-order valence-corrected chi connectivity index (χ4v) is 8.55. The lowest BCUT2D eigenvalue weighted by Gasteiger charge is -2.28. The highest BCUT2D eigenvalue weighted by atomic mass is 15.1. The van der Waals surface area contributed by atoms with Crippen molar-refractivity contribution in [1.82, 2.24) is 0 Å². The number of fused-ring (bicyclic) bond motifs is 6. The van der Waals surface area contributed by atoms with Crippen LogP contribution in [0.2, 0.25) is 0 Å². The fourth-order valence-electron chi connectivity index (χ4n) is 8.55. The summed E-state index contributed by atoms with van der Waals surface area (Å²) in [6, 6.07) is 69.2. The molecule has 0 amide bonds. The molecule has 1 aliphatic carbocycles. The van der Waals surface area contributed by atoms with E-state index in [0.29, 0.717) is 0 Å². The lowest BCUT2D eigenvalue weighted by Crippen LogP contribution is -2.16. The Kier molecular flexibility index (Phi) is 6.91. The molecule has 0 spiro atoms. The molecular formula is C51H37N. The Morgan fingerprint density at radius 2 is 0.827 bits per heavy atom. The minimum absolute atomic E-state index is 0.0824. The summed E-state index contributed by atoms with van der Waals surface area (Å²) in [5.74, 6) is 0. The van der Waals surface area contributed by atoms with Crippen LogP contribution in [0.4, 0.5) is 17.1 Å². The zero-order chi connectivity index (χ0) is 34.8. The zero-order valence-corrected chi connectivity index (χ0v) is 29.3. The third-order valence-electron chi connectivity index (χ3n) is 11.2. The Bertz CT molecular complexity index is 2820. The number of nitrogens with zero attached hydrogens (tertiary/aromatic N) is 1. The van der Waals surface area contributed by atoms with Gasteiger partial charge in [-0.3, -0.25) is 0 Å². The van der Waals surface area contributed by atoms with Crippen LogP contribution >= 0.6 is 0 Å². The predicted molar refractivity (Wildman–Crippen MR) is 222 cm³/mol. The Morgan fingerprint density at radius 1 is 0.327 bits per heavy atom. The molecule has 52 heavy (non-hydrogen) atoms. The van der Waals surface area contributed by atoms with Crippen molar-refractivity contribution in [3.05, 3.63) is 199 Å². The van der Waals surface area contributed by atoms with E-state index in [2.05, 4.69) is 207 Å². The summed E-state index contributed by atoms with van der Waals surface area (Å²) in [5, 5.41) is 7.51. The van der Waals surface area contributed by atoms with E-state index >= 15 is 0 Å². The molecule has 9 aromatic carbocycles. The SMILES string of the molecule is CC1(C)c2ccccc2-c2ccc(N(c3ccc(-c4cccc5c(-c6ccc7ccccc7c6)cccc45)cc3)c3ccc4ccccc4c3)cc21. The van der Waals surface area contributed by atoms with Crippen LogP contribution in [0.25, 0.3) is 65.7 Å². The monoisotopic (exact) mass is 663 g/mol. The Hall–Kier alpha value is -6.44. The van der Waals surface area contributed by atoms with Gasteiger partial charge in [0.05, 0.1) is 0 Å².